The van der Waals surface area contributed by atoms with Gasteiger partial charge < -0.3 is 10.2 Å². The highest BCUT2D eigenvalue weighted by molar-refractivity contribution is 7.89. The van der Waals surface area contributed by atoms with Crippen LogP contribution in [0.25, 0.3) is 0 Å². The average molecular weight is 484 g/mol. The Morgan fingerprint density at radius 1 is 1.06 bits per heavy atom. The van der Waals surface area contributed by atoms with Crippen molar-refractivity contribution in [2.45, 2.75) is 17.6 Å². The number of alkyl halides is 3. The largest absolute Gasteiger partial charge is 0.416 e. The Balaban J connectivity index is 1.77. The standard InChI is InChI=1S/C21H20F3N3O3S2/c1-27(2)19-10-7-15(21(22,23)24)12-18(19)26-20(28)14-5-8-17(9-6-14)32(29,30)25-13-16-4-3-11-31-16/h3-12,25H,13H2,1-2H3,(H,26,28). The van der Waals surface area contributed by atoms with Crippen LogP contribution in [0.15, 0.2) is 64.9 Å². The number of hydrogen-bond donors (Lipinski definition) is 2. The van der Waals surface area contributed by atoms with E-state index in [1.807, 2.05) is 11.4 Å². The van der Waals surface area contributed by atoms with Crippen molar-refractivity contribution in [3.8, 4) is 0 Å². The van der Waals surface area contributed by atoms with E-state index in [4.69, 9.17) is 0 Å². The number of carbonyl (C=O) groups excluding carboxylic acids is 1. The quantitative estimate of drug-likeness (QED) is 0.516. The molecule has 3 rings (SSSR count). The van der Waals surface area contributed by atoms with Crippen LogP contribution in [0.4, 0.5) is 24.5 Å². The average Bonchev–Trinajstić information content (AvgIpc) is 3.25. The highest BCUT2D eigenvalue weighted by Gasteiger charge is 2.31. The maximum Gasteiger partial charge on any atom is 0.416 e. The fourth-order valence-corrected chi connectivity index (χ4v) is 4.59. The maximum atomic E-state index is 13.1. The van der Waals surface area contributed by atoms with Crippen LogP contribution < -0.4 is 14.9 Å². The third-order valence-electron chi connectivity index (χ3n) is 4.50. The molecule has 3 aromatic rings. The molecule has 1 aromatic heterocycles. The van der Waals surface area contributed by atoms with Crippen LogP contribution in [0.3, 0.4) is 0 Å². The molecule has 0 aliphatic carbocycles. The van der Waals surface area contributed by atoms with Gasteiger partial charge in [0, 0.05) is 31.1 Å². The Morgan fingerprint density at radius 3 is 2.31 bits per heavy atom. The van der Waals surface area contributed by atoms with E-state index >= 15 is 0 Å². The molecule has 170 valence electrons. The number of nitrogens with one attached hydrogen (secondary N) is 2. The topological polar surface area (TPSA) is 78.5 Å². The Kier molecular flexibility index (Phi) is 6.91. The van der Waals surface area contributed by atoms with E-state index in [-0.39, 0.29) is 22.7 Å². The zero-order valence-electron chi connectivity index (χ0n) is 17.1. The van der Waals surface area contributed by atoms with Gasteiger partial charge in [-0.1, -0.05) is 6.07 Å². The van der Waals surface area contributed by atoms with Gasteiger partial charge in [-0.2, -0.15) is 13.2 Å². The summed E-state index contributed by atoms with van der Waals surface area (Å²) in [5, 5.41) is 4.31. The van der Waals surface area contributed by atoms with Gasteiger partial charge >= 0.3 is 6.18 Å². The van der Waals surface area contributed by atoms with Crippen LogP contribution in [0, 0.1) is 0 Å². The van der Waals surface area contributed by atoms with Crippen molar-refractivity contribution in [1.29, 1.82) is 0 Å². The van der Waals surface area contributed by atoms with E-state index in [0.717, 1.165) is 17.0 Å². The van der Waals surface area contributed by atoms with E-state index in [1.54, 1.807) is 25.1 Å². The van der Waals surface area contributed by atoms with Crippen molar-refractivity contribution in [3.63, 3.8) is 0 Å². The minimum Gasteiger partial charge on any atom is -0.376 e. The SMILES string of the molecule is CN(C)c1ccc(C(F)(F)F)cc1NC(=O)c1ccc(S(=O)(=O)NCc2cccs2)cc1. The number of hydrogen-bond acceptors (Lipinski definition) is 5. The van der Waals surface area contributed by atoms with Crippen molar-refractivity contribution in [2.24, 2.45) is 0 Å². The van der Waals surface area contributed by atoms with E-state index in [0.29, 0.717) is 5.69 Å². The number of thiophene rings is 1. The van der Waals surface area contributed by atoms with Gasteiger partial charge in [-0.05, 0) is 53.9 Å². The lowest BCUT2D eigenvalue weighted by atomic mass is 10.1. The molecule has 2 N–H and O–H groups in total. The van der Waals surface area contributed by atoms with Gasteiger partial charge in [0.05, 0.1) is 21.8 Å². The Bertz CT molecular complexity index is 1190. The normalized spacial score (nSPS) is 11.9. The first-order valence-electron chi connectivity index (χ1n) is 9.29. The van der Waals surface area contributed by atoms with Gasteiger partial charge in [0.15, 0.2) is 0 Å². The summed E-state index contributed by atoms with van der Waals surface area (Å²) in [6, 6.07) is 11.8. The van der Waals surface area contributed by atoms with E-state index in [1.165, 1.54) is 41.7 Å². The first-order chi connectivity index (χ1) is 15.0. The molecule has 0 aliphatic heterocycles. The lowest BCUT2D eigenvalue weighted by Gasteiger charge is -2.20. The van der Waals surface area contributed by atoms with Gasteiger partial charge in [-0.3, -0.25) is 4.79 Å². The molecular formula is C21H20F3N3O3S2. The molecule has 2 aromatic carbocycles. The summed E-state index contributed by atoms with van der Waals surface area (Å²) in [4.78, 5) is 15.0. The number of benzene rings is 2. The van der Waals surface area contributed by atoms with Crippen LogP contribution in [-0.4, -0.2) is 28.4 Å². The van der Waals surface area contributed by atoms with Crippen LogP contribution >= 0.6 is 11.3 Å². The third kappa shape index (κ3) is 5.67. The maximum absolute atomic E-state index is 13.1. The van der Waals surface area contributed by atoms with Crippen LogP contribution in [0.1, 0.15) is 20.8 Å². The van der Waals surface area contributed by atoms with Crippen molar-refractivity contribution in [2.75, 3.05) is 24.3 Å². The molecule has 0 atom stereocenters. The lowest BCUT2D eigenvalue weighted by Crippen LogP contribution is -2.23. The molecule has 6 nitrogen and oxygen atoms in total. The molecule has 0 bridgehead atoms. The molecular weight excluding hydrogens is 463 g/mol. The minimum absolute atomic E-state index is 0.0101. The molecule has 1 heterocycles. The Morgan fingerprint density at radius 2 is 1.75 bits per heavy atom. The summed E-state index contributed by atoms with van der Waals surface area (Å²) in [6.45, 7) is 0.144. The van der Waals surface area contributed by atoms with Crippen LogP contribution in [0.2, 0.25) is 0 Å². The first-order valence-corrected chi connectivity index (χ1v) is 11.7. The number of anilines is 2. The Labute approximate surface area is 187 Å². The van der Waals surface area contributed by atoms with Crippen molar-refractivity contribution < 1.29 is 26.4 Å². The van der Waals surface area contributed by atoms with E-state index in [9.17, 15) is 26.4 Å². The molecule has 0 unspecified atom stereocenters. The second kappa shape index (κ2) is 9.31. The molecule has 32 heavy (non-hydrogen) atoms. The smallest absolute Gasteiger partial charge is 0.376 e. The lowest BCUT2D eigenvalue weighted by molar-refractivity contribution is -0.137. The summed E-state index contributed by atoms with van der Waals surface area (Å²) in [7, 11) is -0.504. The molecule has 0 fully saturated rings. The molecule has 1 amide bonds. The van der Waals surface area contributed by atoms with Crippen LogP contribution in [-0.2, 0) is 22.7 Å². The number of amides is 1. The monoisotopic (exact) mass is 483 g/mol. The predicted octanol–water partition coefficient (Wildman–Crippen LogP) is 4.56. The Hall–Kier alpha value is -2.89. The molecule has 0 saturated carbocycles. The van der Waals surface area contributed by atoms with Crippen molar-refractivity contribution in [3.05, 3.63) is 76.0 Å². The highest BCUT2D eigenvalue weighted by Crippen LogP contribution is 2.35. The zero-order chi connectivity index (χ0) is 23.5. The number of carbonyl (C=O) groups is 1. The number of halogens is 3. The number of rotatable bonds is 7. The van der Waals surface area contributed by atoms with E-state index < -0.39 is 27.7 Å². The first kappa shape index (κ1) is 23.8. The minimum atomic E-state index is -4.56. The van der Waals surface area contributed by atoms with E-state index in [2.05, 4.69) is 10.0 Å². The second-order valence-electron chi connectivity index (χ2n) is 7.01. The summed E-state index contributed by atoms with van der Waals surface area (Å²) >= 11 is 1.42. The molecule has 0 radical (unpaired) electrons. The summed E-state index contributed by atoms with van der Waals surface area (Å²) < 4.78 is 66.6. The zero-order valence-corrected chi connectivity index (χ0v) is 18.7. The fourth-order valence-electron chi connectivity index (χ4n) is 2.85. The van der Waals surface area contributed by atoms with Gasteiger partial charge in [0.1, 0.15) is 0 Å². The third-order valence-corrected chi connectivity index (χ3v) is 6.79. The van der Waals surface area contributed by atoms with Gasteiger partial charge in [-0.25, -0.2) is 13.1 Å². The summed E-state index contributed by atoms with van der Waals surface area (Å²) in [5.74, 6) is -0.664. The summed E-state index contributed by atoms with van der Waals surface area (Å²) in [5.41, 5.74) is -0.409. The van der Waals surface area contributed by atoms with Crippen molar-refractivity contribution >= 4 is 38.6 Å². The highest BCUT2D eigenvalue weighted by atomic mass is 32.2. The van der Waals surface area contributed by atoms with Crippen LogP contribution in [0.5, 0.6) is 0 Å². The molecule has 11 heteroatoms. The summed E-state index contributed by atoms with van der Waals surface area (Å²) in [6.07, 6.45) is -4.56. The van der Waals surface area contributed by atoms with Gasteiger partial charge in [-0.15, -0.1) is 11.3 Å². The fraction of sp³-hybridized carbons (Fsp3) is 0.190. The molecule has 0 aliphatic rings. The van der Waals surface area contributed by atoms with Crippen molar-refractivity contribution in [1.82, 2.24) is 4.72 Å². The molecule has 0 spiro atoms. The number of nitrogens with zero attached hydrogens (tertiary/aromatic N) is 1. The number of sulfonamides is 1. The van der Waals surface area contributed by atoms with Gasteiger partial charge in [0.2, 0.25) is 10.0 Å². The molecule has 0 saturated heterocycles. The predicted molar refractivity (Wildman–Crippen MR) is 119 cm³/mol. The van der Waals surface area contributed by atoms with Gasteiger partial charge in [0.25, 0.3) is 5.91 Å². The second-order valence-corrected chi connectivity index (χ2v) is 9.81.